The minimum atomic E-state index is -4.18. The van der Waals surface area contributed by atoms with Gasteiger partial charge in [-0.1, -0.05) is 72.1 Å². The third-order valence-corrected chi connectivity index (χ3v) is 8.48. The lowest BCUT2D eigenvalue weighted by atomic mass is 10.1. The van der Waals surface area contributed by atoms with Crippen molar-refractivity contribution in [2.75, 3.05) is 17.9 Å². The number of nitrogens with one attached hydrogen (secondary N) is 1. The first-order chi connectivity index (χ1) is 17.6. The van der Waals surface area contributed by atoms with Gasteiger partial charge in [0.05, 0.1) is 20.6 Å². The number of benzene rings is 3. The van der Waals surface area contributed by atoms with E-state index in [0.717, 1.165) is 9.87 Å². The van der Waals surface area contributed by atoms with E-state index in [0.29, 0.717) is 11.4 Å². The predicted octanol–water partition coefficient (Wildman–Crippen LogP) is 5.40. The summed E-state index contributed by atoms with van der Waals surface area (Å²) in [5.74, 6) is -0.937. The molecule has 0 spiro atoms. The van der Waals surface area contributed by atoms with Gasteiger partial charge in [-0.15, -0.1) is 0 Å². The van der Waals surface area contributed by atoms with Crippen molar-refractivity contribution < 1.29 is 18.0 Å². The molecule has 0 fully saturated rings. The second-order valence-electron chi connectivity index (χ2n) is 8.11. The highest BCUT2D eigenvalue weighted by molar-refractivity contribution is 7.92. The fourth-order valence-corrected chi connectivity index (χ4v) is 5.61. The molecule has 3 aromatic carbocycles. The smallest absolute Gasteiger partial charge is 0.264 e. The summed E-state index contributed by atoms with van der Waals surface area (Å²) >= 11 is 18.3. The molecule has 2 amide bonds. The zero-order chi connectivity index (χ0) is 27.2. The average molecular weight is 583 g/mol. The summed E-state index contributed by atoms with van der Waals surface area (Å²) in [6.07, 6.45) is 0.317. The molecule has 196 valence electrons. The molecule has 1 atom stereocenters. The number of nitrogens with zero attached hydrogens (tertiary/aromatic N) is 2. The molecule has 0 aliphatic rings. The molecular formula is C26H26Cl3N3O4S. The number of hydrogen-bond acceptors (Lipinski definition) is 4. The van der Waals surface area contributed by atoms with Crippen LogP contribution in [0.3, 0.4) is 0 Å². The van der Waals surface area contributed by atoms with E-state index < -0.39 is 28.5 Å². The van der Waals surface area contributed by atoms with Gasteiger partial charge in [0.25, 0.3) is 10.0 Å². The molecule has 37 heavy (non-hydrogen) atoms. The van der Waals surface area contributed by atoms with Gasteiger partial charge in [-0.3, -0.25) is 13.9 Å². The lowest BCUT2D eigenvalue weighted by Gasteiger charge is -2.33. The Kier molecular flexibility index (Phi) is 9.84. The van der Waals surface area contributed by atoms with Crippen LogP contribution in [0.2, 0.25) is 15.1 Å². The van der Waals surface area contributed by atoms with Gasteiger partial charge in [0.15, 0.2) is 0 Å². The summed E-state index contributed by atoms with van der Waals surface area (Å²) in [5.41, 5.74) is 0.887. The van der Waals surface area contributed by atoms with Crippen molar-refractivity contribution in [3.8, 4) is 0 Å². The first kappa shape index (κ1) is 28.8. The maximum absolute atomic E-state index is 13.8. The molecule has 0 heterocycles. The van der Waals surface area contributed by atoms with E-state index in [4.69, 9.17) is 34.8 Å². The molecule has 0 radical (unpaired) electrons. The molecule has 0 aliphatic carbocycles. The summed E-state index contributed by atoms with van der Waals surface area (Å²) in [4.78, 5) is 27.9. The van der Waals surface area contributed by atoms with Crippen LogP contribution in [0.1, 0.15) is 18.9 Å². The number of amides is 2. The maximum Gasteiger partial charge on any atom is 0.264 e. The van der Waals surface area contributed by atoms with E-state index in [2.05, 4.69) is 5.32 Å². The van der Waals surface area contributed by atoms with Crippen molar-refractivity contribution in [2.24, 2.45) is 0 Å². The van der Waals surface area contributed by atoms with Crippen molar-refractivity contribution in [2.45, 2.75) is 30.8 Å². The van der Waals surface area contributed by atoms with Crippen LogP contribution in [0.15, 0.2) is 77.7 Å². The third-order valence-electron chi connectivity index (χ3n) is 5.70. The molecule has 3 rings (SSSR count). The molecular weight excluding hydrogens is 557 g/mol. The van der Waals surface area contributed by atoms with Crippen LogP contribution in [0.25, 0.3) is 0 Å². The van der Waals surface area contributed by atoms with Gasteiger partial charge in [-0.2, -0.15) is 0 Å². The van der Waals surface area contributed by atoms with Gasteiger partial charge in [0.2, 0.25) is 11.8 Å². The Labute approximate surface area is 232 Å². The first-order valence-corrected chi connectivity index (χ1v) is 13.9. The van der Waals surface area contributed by atoms with E-state index >= 15 is 0 Å². The normalized spacial score (nSPS) is 12.0. The van der Waals surface area contributed by atoms with Gasteiger partial charge in [0.1, 0.15) is 12.6 Å². The van der Waals surface area contributed by atoms with Gasteiger partial charge in [-0.05, 0) is 54.4 Å². The summed E-state index contributed by atoms with van der Waals surface area (Å²) < 4.78 is 28.4. The molecule has 0 saturated carbocycles. The molecule has 0 aromatic heterocycles. The standard InChI is InChI=1S/C26H26Cl3N3O4S/c1-3-24(26(34)30-2)31(16-18-9-11-19(27)12-10-18)25(33)17-32(20-13-14-22(28)23(29)15-20)37(35,36)21-7-5-4-6-8-21/h4-15,24H,3,16-17H2,1-2H3,(H,30,34)/t24-/m0/s1. The Bertz CT molecular complexity index is 1350. The van der Waals surface area contributed by atoms with E-state index in [1.807, 2.05) is 0 Å². The van der Waals surface area contributed by atoms with Crippen LogP contribution in [0.4, 0.5) is 5.69 Å². The topological polar surface area (TPSA) is 86.8 Å². The van der Waals surface area contributed by atoms with Crippen molar-refractivity contribution in [1.29, 1.82) is 0 Å². The van der Waals surface area contributed by atoms with Crippen molar-refractivity contribution >= 4 is 62.3 Å². The Morgan fingerprint density at radius 3 is 2.14 bits per heavy atom. The van der Waals surface area contributed by atoms with Crippen LogP contribution < -0.4 is 9.62 Å². The third kappa shape index (κ3) is 6.96. The Balaban J connectivity index is 2.06. The zero-order valence-electron chi connectivity index (χ0n) is 20.2. The van der Waals surface area contributed by atoms with E-state index in [1.165, 1.54) is 42.3 Å². The second-order valence-corrected chi connectivity index (χ2v) is 11.2. The highest BCUT2D eigenvalue weighted by Gasteiger charge is 2.33. The predicted molar refractivity (Wildman–Crippen MR) is 148 cm³/mol. The Morgan fingerprint density at radius 2 is 1.57 bits per heavy atom. The summed E-state index contributed by atoms with van der Waals surface area (Å²) in [6.45, 7) is 1.28. The van der Waals surface area contributed by atoms with Crippen molar-refractivity contribution in [1.82, 2.24) is 10.2 Å². The van der Waals surface area contributed by atoms with Crippen LogP contribution in [-0.2, 0) is 26.2 Å². The van der Waals surface area contributed by atoms with Crippen molar-refractivity contribution in [3.63, 3.8) is 0 Å². The molecule has 1 N–H and O–H groups in total. The highest BCUT2D eigenvalue weighted by atomic mass is 35.5. The Morgan fingerprint density at radius 1 is 0.919 bits per heavy atom. The van der Waals surface area contributed by atoms with Crippen LogP contribution in [-0.4, -0.2) is 44.8 Å². The number of carbonyl (C=O) groups excluding carboxylic acids is 2. The fraction of sp³-hybridized carbons (Fsp3) is 0.231. The number of anilines is 1. The van der Waals surface area contributed by atoms with E-state index in [9.17, 15) is 18.0 Å². The molecule has 0 unspecified atom stereocenters. The lowest BCUT2D eigenvalue weighted by molar-refractivity contribution is -0.140. The van der Waals surface area contributed by atoms with Gasteiger partial charge in [-0.25, -0.2) is 8.42 Å². The zero-order valence-corrected chi connectivity index (χ0v) is 23.3. The highest BCUT2D eigenvalue weighted by Crippen LogP contribution is 2.31. The molecule has 11 heteroatoms. The number of carbonyl (C=O) groups is 2. The van der Waals surface area contributed by atoms with E-state index in [-0.39, 0.29) is 33.1 Å². The number of hydrogen-bond donors (Lipinski definition) is 1. The van der Waals surface area contributed by atoms with E-state index in [1.54, 1.807) is 49.4 Å². The molecule has 0 saturated heterocycles. The van der Waals surface area contributed by atoms with Gasteiger partial charge < -0.3 is 10.2 Å². The van der Waals surface area contributed by atoms with Gasteiger partial charge >= 0.3 is 0 Å². The second kappa shape index (κ2) is 12.6. The van der Waals surface area contributed by atoms with Crippen LogP contribution in [0.5, 0.6) is 0 Å². The fourth-order valence-electron chi connectivity index (χ4n) is 3.76. The molecule has 0 aliphatic heterocycles. The summed E-state index contributed by atoms with van der Waals surface area (Å²) in [5, 5.41) is 3.48. The minimum Gasteiger partial charge on any atom is -0.357 e. The van der Waals surface area contributed by atoms with Crippen LogP contribution in [0, 0.1) is 0 Å². The molecule has 7 nitrogen and oxygen atoms in total. The number of halogens is 3. The average Bonchev–Trinajstić information content (AvgIpc) is 2.90. The van der Waals surface area contributed by atoms with Crippen LogP contribution >= 0.6 is 34.8 Å². The molecule has 3 aromatic rings. The Hall–Kier alpha value is -2.78. The summed E-state index contributed by atoms with van der Waals surface area (Å²) in [7, 11) is -2.70. The first-order valence-electron chi connectivity index (χ1n) is 11.4. The number of likely N-dealkylation sites (N-methyl/N-ethyl adjacent to an activating group) is 1. The SMILES string of the molecule is CC[C@@H](C(=O)NC)N(Cc1ccc(Cl)cc1)C(=O)CN(c1ccc(Cl)c(Cl)c1)S(=O)(=O)c1ccccc1. The minimum absolute atomic E-state index is 0.00327. The molecule has 0 bridgehead atoms. The summed E-state index contributed by atoms with van der Waals surface area (Å²) in [6, 6.07) is 18.1. The number of sulfonamides is 1. The van der Waals surface area contributed by atoms with Gasteiger partial charge in [0, 0.05) is 18.6 Å². The monoisotopic (exact) mass is 581 g/mol. The quantitative estimate of drug-likeness (QED) is 0.347. The largest absolute Gasteiger partial charge is 0.357 e. The maximum atomic E-state index is 13.8. The lowest BCUT2D eigenvalue weighted by Crippen LogP contribution is -2.51. The number of rotatable bonds is 10. The van der Waals surface area contributed by atoms with Crippen molar-refractivity contribution in [3.05, 3.63) is 93.4 Å².